The van der Waals surface area contributed by atoms with Gasteiger partial charge in [-0.3, -0.25) is 4.79 Å². The number of methoxy groups -OCH3 is 2. The first-order chi connectivity index (χ1) is 8.31. The van der Waals surface area contributed by atoms with Crippen LogP contribution in [0.3, 0.4) is 0 Å². The molecule has 3 heteroatoms. The first kappa shape index (κ1) is 16.2. The Kier molecular flexibility index (Phi) is 12.6. The third-order valence-electron chi connectivity index (χ3n) is 2.63. The van der Waals surface area contributed by atoms with Crippen molar-refractivity contribution in [1.29, 1.82) is 0 Å². The van der Waals surface area contributed by atoms with E-state index in [1.165, 1.54) is 26.4 Å². The summed E-state index contributed by atoms with van der Waals surface area (Å²) in [6.07, 6.45) is 12.9. The van der Waals surface area contributed by atoms with Crippen molar-refractivity contribution in [3.63, 3.8) is 0 Å². The average Bonchev–Trinajstić information content (AvgIpc) is 2.35. The molecule has 0 rings (SSSR count). The molecule has 0 spiro atoms. The fourth-order valence-corrected chi connectivity index (χ4v) is 1.59. The normalized spacial score (nSPS) is 10.9. The second-order valence-electron chi connectivity index (χ2n) is 4.14. The van der Waals surface area contributed by atoms with Gasteiger partial charge >= 0.3 is 5.97 Å². The van der Waals surface area contributed by atoms with Crippen molar-refractivity contribution in [2.75, 3.05) is 20.8 Å². The molecule has 0 aliphatic rings. The van der Waals surface area contributed by atoms with Crippen LogP contribution in [-0.2, 0) is 14.3 Å². The molecule has 17 heavy (non-hydrogen) atoms. The Morgan fingerprint density at radius 2 is 1.59 bits per heavy atom. The van der Waals surface area contributed by atoms with E-state index < -0.39 is 0 Å². The third kappa shape index (κ3) is 13.1. The highest BCUT2D eigenvalue weighted by Crippen LogP contribution is 2.08. The van der Waals surface area contributed by atoms with Crippen molar-refractivity contribution in [3.05, 3.63) is 12.2 Å². The van der Waals surface area contributed by atoms with Crippen molar-refractivity contribution >= 4 is 5.97 Å². The quantitative estimate of drug-likeness (QED) is 0.316. The van der Waals surface area contributed by atoms with Gasteiger partial charge in [-0.2, -0.15) is 0 Å². The molecule has 0 aromatic heterocycles. The maximum Gasteiger partial charge on any atom is 0.305 e. The van der Waals surface area contributed by atoms with Crippen LogP contribution in [0.2, 0.25) is 0 Å². The molecule has 3 nitrogen and oxygen atoms in total. The SMILES string of the molecule is COCC/C=C/CCCCCCCC(=O)OC. The lowest BCUT2D eigenvalue weighted by atomic mass is 10.1. The number of allylic oxidation sites excluding steroid dienone is 1. The van der Waals surface area contributed by atoms with E-state index in [0.29, 0.717) is 6.42 Å². The molecule has 0 bridgehead atoms. The molecule has 0 saturated carbocycles. The van der Waals surface area contributed by atoms with Crippen LogP contribution in [0.1, 0.15) is 51.4 Å². The van der Waals surface area contributed by atoms with Crippen LogP contribution >= 0.6 is 0 Å². The smallest absolute Gasteiger partial charge is 0.305 e. The number of esters is 1. The molecule has 0 aliphatic heterocycles. The standard InChI is InChI=1S/C14H26O3/c1-16-13-11-9-7-5-3-4-6-8-10-12-14(15)17-2/h7,9H,3-6,8,10-13H2,1-2H3/b9-7+. The van der Waals surface area contributed by atoms with Gasteiger partial charge in [0.15, 0.2) is 0 Å². The molecular formula is C14H26O3. The largest absolute Gasteiger partial charge is 0.469 e. The van der Waals surface area contributed by atoms with Crippen LogP contribution in [0.25, 0.3) is 0 Å². The highest BCUT2D eigenvalue weighted by molar-refractivity contribution is 5.68. The maximum absolute atomic E-state index is 10.8. The maximum atomic E-state index is 10.8. The number of carbonyl (C=O) groups is 1. The van der Waals surface area contributed by atoms with Crippen molar-refractivity contribution in [3.8, 4) is 0 Å². The number of hydrogen-bond donors (Lipinski definition) is 0. The van der Waals surface area contributed by atoms with Gasteiger partial charge in [-0.1, -0.05) is 31.4 Å². The van der Waals surface area contributed by atoms with E-state index in [9.17, 15) is 4.79 Å². The van der Waals surface area contributed by atoms with Gasteiger partial charge in [0.1, 0.15) is 0 Å². The minimum atomic E-state index is -0.0916. The van der Waals surface area contributed by atoms with E-state index >= 15 is 0 Å². The van der Waals surface area contributed by atoms with Gasteiger partial charge in [0.05, 0.1) is 7.11 Å². The minimum absolute atomic E-state index is 0.0916. The van der Waals surface area contributed by atoms with Crippen molar-refractivity contribution < 1.29 is 14.3 Å². The zero-order valence-electron chi connectivity index (χ0n) is 11.2. The summed E-state index contributed by atoms with van der Waals surface area (Å²) >= 11 is 0. The van der Waals surface area contributed by atoms with Gasteiger partial charge in [0.25, 0.3) is 0 Å². The number of carbonyl (C=O) groups excluding carboxylic acids is 1. The lowest BCUT2D eigenvalue weighted by Crippen LogP contribution is -1.99. The van der Waals surface area contributed by atoms with Gasteiger partial charge in [0.2, 0.25) is 0 Å². The van der Waals surface area contributed by atoms with E-state index in [2.05, 4.69) is 16.9 Å². The Morgan fingerprint density at radius 1 is 0.941 bits per heavy atom. The van der Waals surface area contributed by atoms with Crippen LogP contribution in [0.5, 0.6) is 0 Å². The third-order valence-corrected chi connectivity index (χ3v) is 2.63. The van der Waals surface area contributed by atoms with E-state index in [-0.39, 0.29) is 5.97 Å². The molecule has 0 aromatic rings. The Hall–Kier alpha value is -0.830. The number of ether oxygens (including phenoxy) is 2. The molecule has 0 saturated heterocycles. The second-order valence-corrected chi connectivity index (χ2v) is 4.14. The molecule has 0 fully saturated rings. The molecule has 100 valence electrons. The monoisotopic (exact) mass is 242 g/mol. The average molecular weight is 242 g/mol. The molecule has 0 N–H and O–H groups in total. The Balaban J connectivity index is 3.08. The lowest BCUT2D eigenvalue weighted by Gasteiger charge is -2.00. The zero-order valence-corrected chi connectivity index (χ0v) is 11.2. The summed E-state index contributed by atoms with van der Waals surface area (Å²) in [6, 6.07) is 0. The van der Waals surface area contributed by atoms with Gasteiger partial charge in [-0.15, -0.1) is 0 Å². The summed E-state index contributed by atoms with van der Waals surface area (Å²) in [5.74, 6) is -0.0916. The first-order valence-electron chi connectivity index (χ1n) is 6.52. The molecular weight excluding hydrogens is 216 g/mol. The summed E-state index contributed by atoms with van der Waals surface area (Å²) in [5, 5.41) is 0. The first-order valence-corrected chi connectivity index (χ1v) is 6.52. The topological polar surface area (TPSA) is 35.5 Å². The Labute approximate surface area is 105 Å². The molecule has 0 aromatic carbocycles. The predicted octanol–water partition coefficient (Wildman–Crippen LogP) is 3.48. The van der Waals surface area contributed by atoms with Crippen molar-refractivity contribution in [2.24, 2.45) is 0 Å². The summed E-state index contributed by atoms with van der Waals surface area (Å²) in [7, 11) is 3.17. The predicted molar refractivity (Wildman–Crippen MR) is 70.0 cm³/mol. The molecule has 0 radical (unpaired) electrons. The zero-order chi connectivity index (χ0) is 12.8. The highest BCUT2D eigenvalue weighted by Gasteiger charge is 1.98. The fourth-order valence-electron chi connectivity index (χ4n) is 1.59. The minimum Gasteiger partial charge on any atom is -0.469 e. The van der Waals surface area contributed by atoms with Gasteiger partial charge < -0.3 is 9.47 Å². The number of rotatable bonds is 11. The fraction of sp³-hybridized carbons (Fsp3) is 0.786. The van der Waals surface area contributed by atoms with Gasteiger partial charge in [-0.25, -0.2) is 0 Å². The van der Waals surface area contributed by atoms with E-state index in [1.807, 2.05) is 0 Å². The molecule has 0 heterocycles. The van der Waals surface area contributed by atoms with Crippen LogP contribution in [0, 0.1) is 0 Å². The van der Waals surface area contributed by atoms with Crippen molar-refractivity contribution in [2.45, 2.75) is 51.4 Å². The Morgan fingerprint density at radius 3 is 2.29 bits per heavy atom. The lowest BCUT2D eigenvalue weighted by molar-refractivity contribution is -0.140. The van der Waals surface area contributed by atoms with E-state index in [1.54, 1.807) is 7.11 Å². The van der Waals surface area contributed by atoms with Gasteiger partial charge in [0, 0.05) is 20.1 Å². The highest BCUT2D eigenvalue weighted by atomic mass is 16.5. The Bertz CT molecular complexity index is 200. The van der Waals surface area contributed by atoms with E-state index in [0.717, 1.165) is 32.3 Å². The van der Waals surface area contributed by atoms with Crippen LogP contribution in [-0.4, -0.2) is 26.8 Å². The summed E-state index contributed by atoms with van der Waals surface area (Å²) < 4.78 is 9.54. The summed E-state index contributed by atoms with van der Waals surface area (Å²) in [5.41, 5.74) is 0. The molecule has 0 amide bonds. The number of unbranched alkanes of at least 4 members (excludes halogenated alkanes) is 5. The molecule has 0 unspecified atom stereocenters. The van der Waals surface area contributed by atoms with Crippen molar-refractivity contribution in [1.82, 2.24) is 0 Å². The summed E-state index contributed by atoms with van der Waals surface area (Å²) in [4.78, 5) is 10.8. The molecule has 0 aliphatic carbocycles. The van der Waals surface area contributed by atoms with Crippen LogP contribution < -0.4 is 0 Å². The second kappa shape index (κ2) is 13.2. The summed E-state index contributed by atoms with van der Waals surface area (Å²) in [6.45, 7) is 0.810. The molecule has 0 atom stereocenters. The van der Waals surface area contributed by atoms with Gasteiger partial charge in [-0.05, 0) is 25.7 Å². The van der Waals surface area contributed by atoms with Crippen LogP contribution in [0.4, 0.5) is 0 Å². The van der Waals surface area contributed by atoms with Crippen LogP contribution in [0.15, 0.2) is 12.2 Å². The van der Waals surface area contributed by atoms with E-state index in [4.69, 9.17) is 4.74 Å². The number of hydrogen-bond acceptors (Lipinski definition) is 3.